The third-order valence-electron chi connectivity index (χ3n) is 4.14. The van der Waals surface area contributed by atoms with Crippen LogP contribution >= 0.6 is 23.7 Å². The van der Waals surface area contributed by atoms with Gasteiger partial charge in [0.05, 0.1) is 10.3 Å². The first kappa shape index (κ1) is 22.3. The summed E-state index contributed by atoms with van der Waals surface area (Å²) in [5.41, 5.74) is 0.519. The Morgan fingerprint density at radius 2 is 1.89 bits per heavy atom. The molecule has 1 amide bonds. The summed E-state index contributed by atoms with van der Waals surface area (Å²) in [7, 11) is 3.90. The van der Waals surface area contributed by atoms with Gasteiger partial charge in [-0.25, -0.2) is 13.8 Å². The number of hydrogen-bond acceptors (Lipinski definition) is 5. The molecule has 9 heteroatoms. The van der Waals surface area contributed by atoms with Crippen LogP contribution in [0.5, 0.6) is 0 Å². The highest BCUT2D eigenvalue weighted by atomic mass is 35.5. The van der Waals surface area contributed by atoms with Crippen LogP contribution in [0.15, 0.2) is 22.6 Å². The molecule has 2 heterocycles. The Labute approximate surface area is 172 Å². The van der Waals surface area contributed by atoms with Crippen LogP contribution in [-0.2, 0) is 0 Å². The summed E-state index contributed by atoms with van der Waals surface area (Å²) in [6, 6.07) is 3.72. The lowest BCUT2D eigenvalue weighted by Gasteiger charge is -2.20. The molecule has 0 saturated heterocycles. The van der Waals surface area contributed by atoms with Crippen molar-refractivity contribution in [1.82, 2.24) is 9.88 Å². The van der Waals surface area contributed by atoms with E-state index in [1.807, 2.05) is 19.0 Å². The van der Waals surface area contributed by atoms with Gasteiger partial charge in [0.25, 0.3) is 5.91 Å². The van der Waals surface area contributed by atoms with E-state index < -0.39 is 11.6 Å². The number of aromatic nitrogens is 1. The molecule has 0 spiro atoms. The van der Waals surface area contributed by atoms with Gasteiger partial charge in [-0.1, -0.05) is 11.3 Å². The average Bonchev–Trinajstić information content (AvgIpc) is 3.13. The summed E-state index contributed by atoms with van der Waals surface area (Å²) in [6.07, 6.45) is 0.710. The van der Waals surface area contributed by atoms with E-state index in [1.54, 1.807) is 19.9 Å². The molecule has 2 aromatic heterocycles. The number of benzene rings is 1. The summed E-state index contributed by atoms with van der Waals surface area (Å²) in [4.78, 5) is 20.9. The van der Waals surface area contributed by atoms with Crippen molar-refractivity contribution >= 4 is 45.0 Å². The molecule has 5 nitrogen and oxygen atoms in total. The number of nitrogens with zero attached hydrogens (tertiary/aromatic N) is 3. The van der Waals surface area contributed by atoms with Crippen LogP contribution in [0.2, 0.25) is 0 Å². The van der Waals surface area contributed by atoms with Crippen molar-refractivity contribution in [2.45, 2.75) is 20.3 Å². The quantitative estimate of drug-likeness (QED) is 0.564. The molecule has 0 fully saturated rings. The molecule has 0 aliphatic rings. The van der Waals surface area contributed by atoms with E-state index in [9.17, 15) is 13.6 Å². The summed E-state index contributed by atoms with van der Waals surface area (Å²) in [6.45, 7) is 4.69. The Kier molecular flexibility index (Phi) is 7.14. The Balaban J connectivity index is 0.00000280. The number of amides is 1. The summed E-state index contributed by atoms with van der Waals surface area (Å²) < 4.78 is 33.4. The molecule has 0 unspecified atom stereocenters. The number of anilines is 1. The fraction of sp³-hybridized carbons (Fsp3) is 0.368. The van der Waals surface area contributed by atoms with Gasteiger partial charge in [0, 0.05) is 12.6 Å². The van der Waals surface area contributed by atoms with Crippen molar-refractivity contribution in [1.29, 1.82) is 0 Å². The summed E-state index contributed by atoms with van der Waals surface area (Å²) in [5.74, 6) is -0.497. The lowest BCUT2D eigenvalue weighted by molar-refractivity contribution is 0.0984. The van der Waals surface area contributed by atoms with Crippen LogP contribution in [0.4, 0.5) is 13.9 Å². The number of carbonyl (C=O) groups excluding carboxylic acids is 1. The number of rotatable bonds is 6. The van der Waals surface area contributed by atoms with Crippen molar-refractivity contribution in [3.8, 4) is 0 Å². The van der Waals surface area contributed by atoms with E-state index in [0.29, 0.717) is 39.9 Å². The Bertz CT molecular complexity index is 987. The second-order valence-corrected chi connectivity index (χ2v) is 7.68. The normalized spacial score (nSPS) is 11.1. The predicted molar refractivity (Wildman–Crippen MR) is 110 cm³/mol. The Hall–Kier alpha value is -2.03. The van der Waals surface area contributed by atoms with E-state index in [-0.39, 0.29) is 23.8 Å². The van der Waals surface area contributed by atoms with Crippen molar-refractivity contribution in [3.63, 3.8) is 0 Å². The summed E-state index contributed by atoms with van der Waals surface area (Å²) in [5, 5.41) is 0.344. The second kappa shape index (κ2) is 8.98. The highest BCUT2D eigenvalue weighted by molar-refractivity contribution is 7.22. The van der Waals surface area contributed by atoms with Crippen LogP contribution in [0, 0.1) is 25.5 Å². The molecule has 28 heavy (non-hydrogen) atoms. The molecule has 0 aliphatic carbocycles. The minimum absolute atomic E-state index is 0. The first-order valence-electron chi connectivity index (χ1n) is 8.55. The first-order valence-corrected chi connectivity index (χ1v) is 9.37. The number of carbonyl (C=O) groups is 1. The average molecular weight is 430 g/mol. The number of thiazole rings is 1. The fourth-order valence-corrected chi connectivity index (χ4v) is 3.91. The second-order valence-electron chi connectivity index (χ2n) is 6.67. The van der Waals surface area contributed by atoms with Gasteiger partial charge in [0.15, 0.2) is 10.9 Å². The van der Waals surface area contributed by atoms with Crippen LogP contribution in [0.1, 0.15) is 28.3 Å². The minimum atomic E-state index is -0.733. The number of furan rings is 1. The lowest BCUT2D eigenvalue weighted by atomic mass is 10.2. The van der Waals surface area contributed by atoms with Gasteiger partial charge in [-0.05, 0) is 53.0 Å². The maximum Gasteiger partial charge on any atom is 0.263 e. The van der Waals surface area contributed by atoms with Gasteiger partial charge in [0.2, 0.25) is 0 Å². The molecule has 0 radical (unpaired) electrons. The largest absolute Gasteiger partial charge is 0.466 e. The zero-order valence-electron chi connectivity index (χ0n) is 16.1. The fourth-order valence-electron chi connectivity index (χ4n) is 2.88. The minimum Gasteiger partial charge on any atom is -0.466 e. The Morgan fingerprint density at radius 3 is 2.50 bits per heavy atom. The molecule has 3 rings (SSSR count). The van der Waals surface area contributed by atoms with E-state index >= 15 is 0 Å². The first-order chi connectivity index (χ1) is 12.8. The molecule has 1 aromatic carbocycles. The molecule has 0 N–H and O–H groups in total. The standard InChI is InChI=1S/C19H21F2N3O2S.ClH/c1-11-8-14(12(2)26-11)18(25)24(7-5-6-23(3)4)19-22-17-15(21)9-13(20)10-16(17)27-19;/h8-10H,5-7H2,1-4H3;1H. The van der Waals surface area contributed by atoms with Crippen LogP contribution in [-0.4, -0.2) is 43.0 Å². The summed E-state index contributed by atoms with van der Waals surface area (Å²) >= 11 is 1.10. The highest BCUT2D eigenvalue weighted by Gasteiger charge is 2.25. The van der Waals surface area contributed by atoms with E-state index in [0.717, 1.165) is 23.9 Å². The van der Waals surface area contributed by atoms with Crippen molar-refractivity contribution < 1.29 is 18.0 Å². The van der Waals surface area contributed by atoms with Gasteiger partial charge < -0.3 is 9.32 Å². The molecule has 0 saturated carbocycles. The number of aryl methyl sites for hydroxylation is 2. The molecule has 152 valence electrons. The van der Waals surface area contributed by atoms with Crippen LogP contribution < -0.4 is 4.90 Å². The van der Waals surface area contributed by atoms with Crippen LogP contribution in [0.25, 0.3) is 10.2 Å². The smallest absolute Gasteiger partial charge is 0.263 e. The molecule has 0 atom stereocenters. The third-order valence-corrected chi connectivity index (χ3v) is 5.16. The molecule has 0 aliphatic heterocycles. The van der Waals surface area contributed by atoms with E-state index in [1.165, 1.54) is 11.0 Å². The van der Waals surface area contributed by atoms with Gasteiger partial charge in [-0.2, -0.15) is 0 Å². The molecule has 0 bridgehead atoms. The molecular formula is C19H22ClF2N3O2S. The topological polar surface area (TPSA) is 49.6 Å². The number of hydrogen-bond donors (Lipinski definition) is 0. The van der Waals surface area contributed by atoms with Gasteiger partial charge in [0.1, 0.15) is 22.9 Å². The van der Waals surface area contributed by atoms with Crippen molar-refractivity contribution in [3.05, 3.63) is 46.9 Å². The SMILES string of the molecule is Cc1cc(C(=O)N(CCCN(C)C)c2nc3c(F)cc(F)cc3s2)c(C)o1.Cl. The molecular weight excluding hydrogens is 408 g/mol. The van der Waals surface area contributed by atoms with E-state index in [4.69, 9.17) is 4.42 Å². The number of fused-ring (bicyclic) bond motifs is 1. The van der Waals surface area contributed by atoms with Gasteiger partial charge in [-0.3, -0.25) is 9.69 Å². The zero-order chi connectivity index (χ0) is 19.7. The Morgan fingerprint density at radius 1 is 1.18 bits per heavy atom. The van der Waals surface area contributed by atoms with Crippen LogP contribution in [0.3, 0.4) is 0 Å². The molecule has 3 aromatic rings. The van der Waals surface area contributed by atoms with Crippen molar-refractivity contribution in [2.75, 3.05) is 32.1 Å². The number of halogens is 3. The lowest BCUT2D eigenvalue weighted by Crippen LogP contribution is -2.33. The maximum absolute atomic E-state index is 14.1. The monoisotopic (exact) mass is 429 g/mol. The maximum atomic E-state index is 14.1. The van der Waals surface area contributed by atoms with Crippen molar-refractivity contribution in [2.24, 2.45) is 0 Å². The van der Waals surface area contributed by atoms with Gasteiger partial charge >= 0.3 is 0 Å². The highest BCUT2D eigenvalue weighted by Crippen LogP contribution is 2.32. The van der Waals surface area contributed by atoms with Gasteiger partial charge in [-0.15, -0.1) is 12.4 Å². The van der Waals surface area contributed by atoms with E-state index in [2.05, 4.69) is 4.98 Å². The predicted octanol–water partition coefficient (Wildman–Crippen LogP) is 4.80. The zero-order valence-corrected chi connectivity index (χ0v) is 17.7. The third kappa shape index (κ3) is 4.68.